The summed E-state index contributed by atoms with van der Waals surface area (Å²) >= 11 is 0. The van der Waals surface area contributed by atoms with Crippen molar-refractivity contribution in [1.29, 1.82) is 0 Å². The van der Waals surface area contributed by atoms with Crippen molar-refractivity contribution >= 4 is 12.1 Å². The third kappa shape index (κ3) is 4.43. The zero-order chi connectivity index (χ0) is 13.7. The van der Waals surface area contributed by atoms with Crippen LogP contribution in [0.4, 0.5) is 9.59 Å². The molecule has 6 heteroatoms. The molecule has 1 N–H and O–H groups in total. The minimum absolute atomic E-state index is 0.0677. The van der Waals surface area contributed by atoms with E-state index in [0.717, 1.165) is 0 Å². The van der Waals surface area contributed by atoms with Crippen molar-refractivity contribution in [2.24, 2.45) is 0 Å². The fraction of sp³-hybridized carbons (Fsp3) is 0.833. The minimum Gasteiger partial charge on any atom is -0.447 e. The van der Waals surface area contributed by atoms with Gasteiger partial charge < -0.3 is 19.9 Å². The predicted molar refractivity (Wildman–Crippen MR) is 68.4 cm³/mol. The number of hydrogen-bond donors (Lipinski definition) is 1. The second-order valence-electron chi connectivity index (χ2n) is 5.01. The van der Waals surface area contributed by atoms with Crippen molar-refractivity contribution in [3.05, 3.63) is 0 Å². The molecule has 0 radical (unpaired) electrons. The molecule has 0 aromatic heterocycles. The summed E-state index contributed by atoms with van der Waals surface area (Å²) < 4.78 is 5.12. The minimum atomic E-state index is -0.297. The number of carbonyl (C=O) groups excluding carboxylic acids is 2. The van der Waals surface area contributed by atoms with Crippen LogP contribution in [0.5, 0.6) is 0 Å². The number of rotatable bonds is 2. The van der Waals surface area contributed by atoms with Crippen LogP contribution in [0.3, 0.4) is 0 Å². The van der Waals surface area contributed by atoms with Gasteiger partial charge in [0.1, 0.15) is 0 Å². The molecule has 0 saturated carbocycles. The largest absolute Gasteiger partial charge is 0.447 e. The zero-order valence-corrected chi connectivity index (χ0v) is 11.6. The fourth-order valence-corrected chi connectivity index (χ4v) is 1.71. The maximum atomic E-state index is 11.7. The molecular formula is C12H23N3O3. The van der Waals surface area contributed by atoms with Crippen molar-refractivity contribution < 1.29 is 14.3 Å². The quantitative estimate of drug-likeness (QED) is 0.810. The maximum absolute atomic E-state index is 11.7. The lowest BCUT2D eigenvalue weighted by atomic mass is 10.3. The summed E-state index contributed by atoms with van der Waals surface area (Å²) in [4.78, 5) is 26.7. The van der Waals surface area contributed by atoms with Gasteiger partial charge in [0.2, 0.25) is 0 Å². The van der Waals surface area contributed by atoms with Gasteiger partial charge in [-0.3, -0.25) is 0 Å². The molecule has 1 heterocycles. The Hall–Kier alpha value is -1.46. The molecule has 0 aliphatic carbocycles. The average molecular weight is 257 g/mol. The van der Waals surface area contributed by atoms with E-state index < -0.39 is 0 Å². The van der Waals surface area contributed by atoms with Crippen LogP contribution in [-0.2, 0) is 4.74 Å². The molecule has 0 bridgehead atoms. The number of hydrogen-bond acceptors (Lipinski definition) is 3. The average Bonchev–Trinajstić information content (AvgIpc) is 2.27. The van der Waals surface area contributed by atoms with Crippen molar-refractivity contribution in [1.82, 2.24) is 15.1 Å². The molecule has 0 unspecified atom stereocenters. The van der Waals surface area contributed by atoms with E-state index in [1.807, 2.05) is 27.7 Å². The highest BCUT2D eigenvalue weighted by molar-refractivity contribution is 5.75. The SMILES string of the molecule is CC(C)NC(=O)N1CCN(C(=O)OC(C)C)CC1. The first-order valence-electron chi connectivity index (χ1n) is 6.41. The Morgan fingerprint density at radius 2 is 1.50 bits per heavy atom. The first kappa shape index (κ1) is 14.6. The molecule has 1 aliphatic heterocycles. The number of ether oxygens (including phenoxy) is 1. The van der Waals surface area contributed by atoms with Crippen LogP contribution in [0.15, 0.2) is 0 Å². The summed E-state index contributed by atoms with van der Waals surface area (Å²) in [5.74, 6) is 0. The van der Waals surface area contributed by atoms with Crippen molar-refractivity contribution in [2.75, 3.05) is 26.2 Å². The Balaban J connectivity index is 2.36. The lowest BCUT2D eigenvalue weighted by Gasteiger charge is -2.34. The van der Waals surface area contributed by atoms with Crippen LogP contribution in [0.2, 0.25) is 0 Å². The summed E-state index contributed by atoms with van der Waals surface area (Å²) in [6.45, 7) is 9.64. The summed E-state index contributed by atoms with van der Waals surface area (Å²) in [5.41, 5.74) is 0. The molecule has 1 fully saturated rings. The number of nitrogens with one attached hydrogen (secondary N) is 1. The number of nitrogens with zero attached hydrogens (tertiary/aromatic N) is 2. The Labute approximate surface area is 108 Å². The molecular weight excluding hydrogens is 234 g/mol. The van der Waals surface area contributed by atoms with E-state index >= 15 is 0 Å². The zero-order valence-electron chi connectivity index (χ0n) is 11.6. The van der Waals surface area contributed by atoms with Crippen LogP contribution < -0.4 is 5.32 Å². The second kappa shape index (κ2) is 6.47. The number of amides is 3. The van der Waals surface area contributed by atoms with Gasteiger partial charge >= 0.3 is 12.1 Å². The van der Waals surface area contributed by atoms with E-state index in [4.69, 9.17) is 4.74 Å². The Morgan fingerprint density at radius 3 is 1.94 bits per heavy atom. The predicted octanol–water partition coefficient (Wildman–Crippen LogP) is 1.27. The summed E-state index contributed by atoms with van der Waals surface area (Å²) in [7, 11) is 0. The Morgan fingerprint density at radius 1 is 1.00 bits per heavy atom. The molecule has 0 spiro atoms. The van der Waals surface area contributed by atoms with Crippen LogP contribution in [0.1, 0.15) is 27.7 Å². The van der Waals surface area contributed by atoms with Crippen LogP contribution in [0.25, 0.3) is 0 Å². The van der Waals surface area contributed by atoms with Gasteiger partial charge in [0.15, 0.2) is 0 Å². The maximum Gasteiger partial charge on any atom is 0.410 e. The van der Waals surface area contributed by atoms with Gasteiger partial charge in [-0.15, -0.1) is 0 Å². The van der Waals surface area contributed by atoms with Gasteiger partial charge in [-0.2, -0.15) is 0 Å². The standard InChI is InChI=1S/C12H23N3O3/c1-9(2)13-11(16)14-5-7-15(8-6-14)12(17)18-10(3)4/h9-10H,5-8H2,1-4H3,(H,13,16). The van der Waals surface area contributed by atoms with E-state index in [1.54, 1.807) is 9.80 Å². The normalized spacial score (nSPS) is 16.1. The monoisotopic (exact) mass is 257 g/mol. The third-order valence-corrected chi connectivity index (χ3v) is 2.57. The molecule has 1 saturated heterocycles. The van der Waals surface area contributed by atoms with Gasteiger partial charge in [0, 0.05) is 32.2 Å². The highest BCUT2D eigenvalue weighted by Crippen LogP contribution is 2.05. The molecule has 6 nitrogen and oxygen atoms in total. The topological polar surface area (TPSA) is 61.9 Å². The highest BCUT2D eigenvalue weighted by Gasteiger charge is 2.25. The van der Waals surface area contributed by atoms with Gasteiger partial charge in [0.25, 0.3) is 0 Å². The van der Waals surface area contributed by atoms with Crippen molar-refractivity contribution in [3.63, 3.8) is 0 Å². The van der Waals surface area contributed by atoms with E-state index in [2.05, 4.69) is 5.32 Å². The van der Waals surface area contributed by atoms with Crippen molar-refractivity contribution in [2.45, 2.75) is 39.8 Å². The molecule has 0 aromatic carbocycles. The van der Waals surface area contributed by atoms with Crippen molar-refractivity contribution in [3.8, 4) is 0 Å². The number of urea groups is 1. The van der Waals surface area contributed by atoms with Gasteiger partial charge in [-0.05, 0) is 27.7 Å². The molecule has 1 aliphatic rings. The third-order valence-electron chi connectivity index (χ3n) is 2.57. The molecule has 0 aromatic rings. The summed E-state index contributed by atoms with van der Waals surface area (Å²) in [6.07, 6.45) is -0.409. The molecule has 1 rings (SSSR count). The number of carbonyl (C=O) groups is 2. The van der Waals surface area contributed by atoms with E-state index in [0.29, 0.717) is 26.2 Å². The first-order chi connectivity index (χ1) is 8.40. The first-order valence-corrected chi connectivity index (χ1v) is 6.41. The molecule has 104 valence electrons. The highest BCUT2D eigenvalue weighted by atomic mass is 16.6. The van der Waals surface area contributed by atoms with Crippen LogP contribution in [0, 0.1) is 0 Å². The fourth-order valence-electron chi connectivity index (χ4n) is 1.71. The lowest BCUT2D eigenvalue weighted by Crippen LogP contribution is -2.54. The summed E-state index contributed by atoms with van der Waals surface area (Å²) in [5, 5.41) is 2.84. The summed E-state index contributed by atoms with van der Waals surface area (Å²) in [6, 6.07) is 0.0586. The van der Waals surface area contributed by atoms with E-state index in [9.17, 15) is 9.59 Å². The van der Waals surface area contributed by atoms with E-state index in [-0.39, 0.29) is 24.3 Å². The Kier molecular flexibility index (Phi) is 5.25. The molecule has 18 heavy (non-hydrogen) atoms. The Bertz CT molecular complexity index is 267. The molecule has 0 atom stereocenters. The second-order valence-corrected chi connectivity index (χ2v) is 5.01. The number of piperazine rings is 1. The van der Waals surface area contributed by atoms with Gasteiger partial charge in [-0.1, -0.05) is 0 Å². The van der Waals surface area contributed by atoms with Crippen LogP contribution in [-0.4, -0.2) is 60.2 Å². The lowest BCUT2D eigenvalue weighted by molar-refractivity contribution is 0.0614. The smallest absolute Gasteiger partial charge is 0.410 e. The van der Waals surface area contributed by atoms with E-state index in [1.165, 1.54) is 0 Å². The van der Waals surface area contributed by atoms with Gasteiger partial charge in [-0.25, -0.2) is 9.59 Å². The van der Waals surface area contributed by atoms with Gasteiger partial charge in [0.05, 0.1) is 6.10 Å². The van der Waals surface area contributed by atoms with Crippen LogP contribution >= 0.6 is 0 Å². The molecule has 3 amide bonds.